The first kappa shape index (κ1) is 52.6. The van der Waals surface area contributed by atoms with E-state index in [1.807, 2.05) is 0 Å². The summed E-state index contributed by atoms with van der Waals surface area (Å²) in [7, 11) is -18.3. The van der Waals surface area contributed by atoms with Crippen LogP contribution in [0, 0.1) is 0 Å². The molecule has 0 heterocycles. The molecule has 29 heavy (non-hydrogen) atoms. The average molecular weight is 643 g/mol. The summed E-state index contributed by atoms with van der Waals surface area (Å²) in [5.74, 6) is 0. The van der Waals surface area contributed by atoms with E-state index in [0.29, 0.717) is 0 Å². The summed E-state index contributed by atoms with van der Waals surface area (Å²) in [5, 5.41) is 0. The van der Waals surface area contributed by atoms with E-state index in [0.717, 1.165) is 0 Å². The molecule has 174 valence electrons. The number of rotatable bonds is 0. The Morgan fingerprint density at radius 1 is 0.414 bits per heavy atom. The van der Waals surface area contributed by atoms with E-state index in [2.05, 4.69) is 0 Å². The Balaban J connectivity index is -0.0000000350. The van der Waals surface area contributed by atoms with Gasteiger partial charge < -0.3 is 50.9 Å². The molecule has 0 aliphatic heterocycles. The molecule has 26 heteroatoms. The maximum Gasteiger partial charge on any atom is 3.00 e. The first-order valence-electron chi connectivity index (χ1n) is 3.81. The Kier molecular flexibility index (Phi) is 31.2. The van der Waals surface area contributed by atoms with E-state index in [1.54, 1.807) is 0 Å². The summed E-state index contributed by atoms with van der Waals surface area (Å²) in [4.78, 5) is 0. The van der Waals surface area contributed by atoms with Gasteiger partial charge in [0.25, 0.3) is 0 Å². The maximum atomic E-state index is 10.7. The van der Waals surface area contributed by atoms with Crippen molar-refractivity contribution < 1.29 is 167 Å². The van der Waals surface area contributed by atoms with Crippen LogP contribution in [-0.4, -0.2) is 55.4 Å². The molecular weight excluding hydrogens is 643 g/mol. The van der Waals surface area contributed by atoms with Gasteiger partial charge in [-0.25, -0.2) is 25.3 Å². The zero-order valence-electron chi connectivity index (χ0n) is 12.1. The molecule has 0 aromatic heterocycles. The third-order valence-electron chi connectivity index (χ3n) is 0.850. The van der Waals surface area contributed by atoms with Gasteiger partial charge in [0.05, 0.1) is 0 Å². The van der Waals surface area contributed by atoms with Crippen LogP contribution < -0.4 is 37.2 Å². The van der Waals surface area contributed by atoms with Crippen LogP contribution >= 0.6 is 0 Å². The second-order valence-electron chi connectivity index (χ2n) is 2.70. The van der Waals surface area contributed by atoms with Gasteiger partial charge in [-0.3, -0.25) is 0 Å². The van der Waals surface area contributed by atoms with Crippen molar-refractivity contribution >= 4 is 30.4 Å². The van der Waals surface area contributed by atoms with Gasteiger partial charge >= 0.3 is 68.2 Å². The standard InChI is InChI=1S/3CHF3O3S.3ClH.2Sc/c3*2-1(3,4)8(5,6)7;;;;;/h3*(H,5,6,7);3*1H;;/q;;;;;;2*+3/p-6. The minimum absolute atomic E-state index is 0. The van der Waals surface area contributed by atoms with Crippen LogP contribution in [0.1, 0.15) is 0 Å². The van der Waals surface area contributed by atoms with Gasteiger partial charge in [-0.1, -0.05) is 0 Å². The van der Waals surface area contributed by atoms with Crippen molar-refractivity contribution in [2.45, 2.75) is 16.5 Å². The fraction of sp³-hybridized carbons (Fsp3) is 1.00. The van der Waals surface area contributed by atoms with Crippen LogP contribution in [0.25, 0.3) is 0 Å². The molecule has 0 aliphatic rings. The summed E-state index contributed by atoms with van der Waals surface area (Å²) >= 11 is 0. The molecule has 0 aliphatic carbocycles. The van der Waals surface area contributed by atoms with E-state index in [-0.39, 0.29) is 88.9 Å². The van der Waals surface area contributed by atoms with E-state index in [4.69, 9.17) is 38.9 Å². The normalized spacial score (nSPS) is 11.6. The molecule has 0 atom stereocenters. The van der Waals surface area contributed by atoms with Gasteiger partial charge in [-0.2, -0.15) is 39.5 Å². The summed E-state index contributed by atoms with van der Waals surface area (Å²) in [6.07, 6.45) is 0. The third-order valence-corrected chi connectivity index (χ3v) is 2.55. The summed E-state index contributed by atoms with van der Waals surface area (Å²) in [6.45, 7) is 0. The van der Waals surface area contributed by atoms with Crippen LogP contribution in [0.2, 0.25) is 0 Å². The average Bonchev–Trinajstić information content (AvgIpc) is 2.08. The van der Waals surface area contributed by atoms with Crippen LogP contribution in [0.4, 0.5) is 39.5 Å². The van der Waals surface area contributed by atoms with E-state index >= 15 is 0 Å². The summed E-state index contributed by atoms with van der Waals surface area (Å²) in [5.41, 5.74) is -16.9. The fourth-order valence-electron chi connectivity index (χ4n) is 0. The molecule has 0 amide bonds. The fourth-order valence-corrected chi connectivity index (χ4v) is 0. The minimum Gasteiger partial charge on any atom is -1.00 e. The molecule has 0 rings (SSSR count). The predicted octanol–water partition coefficient (Wildman–Crippen LogP) is -8.84. The van der Waals surface area contributed by atoms with Crippen molar-refractivity contribution in [3.8, 4) is 0 Å². The van der Waals surface area contributed by atoms with Crippen LogP contribution in [0.3, 0.4) is 0 Å². The Hall–Kier alpha value is 1.71. The van der Waals surface area contributed by atoms with Crippen LogP contribution in [0.5, 0.6) is 0 Å². The first-order valence-corrected chi connectivity index (χ1v) is 8.04. The van der Waals surface area contributed by atoms with Gasteiger partial charge in [0, 0.05) is 0 Å². The Morgan fingerprint density at radius 3 is 0.448 bits per heavy atom. The van der Waals surface area contributed by atoms with E-state index in [1.165, 1.54) is 0 Å². The van der Waals surface area contributed by atoms with Crippen molar-refractivity contribution in [3.05, 3.63) is 0 Å². The largest absolute Gasteiger partial charge is 3.00 e. The van der Waals surface area contributed by atoms with E-state index < -0.39 is 46.9 Å². The molecule has 0 radical (unpaired) electrons. The van der Waals surface area contributed by atoms with Crippen molar-refractivity contribution in [1.82, 2.24) is 0 Å². The van der Waals surface area contributed by atoms with Gasteiger partial charge in [0.2, 0.25) is 0 Å². The molecule has 9 nitrogen and oxygen atoms in total. The Bertz CT molecular complexity index is 614. The monoisotopic (exact) mass is 642 g/mol. The summed E-state index contributed by atoms with van der Waals surface area (Å²) in [6, 6.07) is 0. The van der Waals surface area contributed by atoms with Crippen molar-refractivity contribution in [1.29, 1.82) is 0 Å². The summed E-state index contributed by atoms with van der Waals surface area (Å²) < 4.78 is 177. The third kappa shape index (κ3) is 27.7. The molecule has 0 N–H and O–H groups in total. The number of halogens is 12. The molecule has 0 unspecified atom stereocenters. The minimum atomic E-state index is -6.09. The van der Waals surface area contributed by atoms with Crippen molar-refractivity contribution in [3.63, 3.8) is 0 Å². The zero-order valence-corrected chi connectivity index (χ0v) is 20.4. The zero-order chi connectivity index (χ0) is 21.0. The van der Waals surface area contributed by atoms with Gasteiger partial charge in [-0.15, -0.1) is 0 Å². The molecule has 0 spiro atoms. The smallest absolute Gasteiger partial charge is 1.00 e. The molecule has 0 saturated carbocycles. The molecule has 0 aromatic rings. The van der Waals surface area contributed by atoms with E-state index in [9.17, 15) is 39.5 Å². The predicted molar refractivity (Wildman–Crippen MR) is 47.3 cm³/mol. The van der Waals surface area contributed by atoms with Crippen LogP contribution in [-0.2, 0) is 82.0 Å². The van der Waals surface area contributed by atoms with Crippen molar-refractivity contribution in [2.24, 2.45) is 0 Å². The Morgan fingerprint density at radius 2 is 0.448 bits per heavy atom. The van der Waals surface area contributed by atoms with Gasteiger partial charge in [0.1, 0.15) is 0 Å². The molecule has 0 saturated heterocycles. The molecule has 0 aromatic carbocycles. The quantitative estimate of drug-likeness (QED) is 0.141. The number of hydrogen-bond acceptors (Lipinski definition) is 9. The maximum absolute atomic E-state index is 10.7. The van der Waals surface area contributed by atoms with Gasteiger partial charge in [0.15, 0.2) is 30.4 Å². The molecular formula is C3Cl3F9O9S3Sc2. The van der Waals surface area contributed by atoms with Gasteiger partial charge in [-0.05, 0) is 0 Å². The number of alkyl halides is 9. The van der Waals surface area contributed by atoms with Crippen molar-refractivity contribution in [2.75, 3.05) is 0 Å². The molecule has 0 bridgehead atoms. The molecule has 0 fully saturated rings. The topological polar surface area (TPSA) is 172 Å². The SMILES string of the molecule is O=S(=O)([O-])C(F)(F)F.O=S(=O)([O-])C(F)(F)F.O=S(=O)([O-])C(F)(F)F.[Cl-].[Cl-].[Cl-].[Sc+3].[Sc+3]. The second kappa shape index (κ2) is 17.2. The first-order chi connectivity index (χ1) is 9.75. The second-order valence-corrected chi connectivity index (χ2v) is 6.81. The Labute approximate surface area is 212 Å². The van der Waals surface area contributed by atoms with Crippen LogP contribution in [0.15, 0.2) is 0 Å². The number of hydrogen-bond donors (Lipinski definition) is 0.